The average Bonchev–Trinajstić information content (AvgIpc) is 3.02. The van der Waals surface area contributed by atoms with Crippen molar-refractivity contribution in [2.45, 2.75) is 46.5 Å². The van der Waals surface area contributed by atoms with E-state index in [9.17, 15) is 4.79 Å². The summed E-state index contributed by atoms with van der Waals surface area (Å²) < 4.78 is 1.98. The fourth-order valence-electron chi connectivity index (χ4n) is 3.30. The summed E-state index contributed by atoms with van der Waals surface area (Å²) in [5.41, 5.74) is 2.89. The van der Waals surface area contributed by atoms with E-state index in [1.807, 2.05) is 49.7 Å². The van der Waals surface area contributed by atoms with Crippen LogP contribution >= 0.6 is 0 Å². The molecule has 0 radical (unpaired) electrons. The van der Waals surface area contributed by atoms with Gasteiger partial charge >= 0.3 is 5.97 Å². The minimum Gasteiger partial charge on any atom is -0.367 e. The molecule has 1 fully saturated rings. The van der Waals surface area contributed by atoms with Gasteiger partial charge in [0.25, 0.3) is 0 Å². The maximum atomic E-state index is 12.0. The molecule has 0 aliphatic carbocycles. The van der Waals surface area contributed by atoms with E-state index in [4.69, 9.17) is 4.84 Å². The lowest BCUT2D eigenvalue weighted by Crippen LogP contribution is -2.38. The molecule has 0 N–H and O–H groups in total. The molecule has 1 aliphatic rings. The Hall–Kier alpha value is -2.21. The topological polar surface area (TPSA) is 60.3 Å². The molecule has 0 aromatic carbocycles. The van der Waals surface area contributed by atoms with Crippen molar-refractivity contribution in [3.63, 3.8) is 0 Å². The molecule has 0 unspecified atom stereocenters. The average molecular weight is 370 g/mol. The molecular formula is C21H30N4O2. The van der Waals surface area contributed by atoms with Crippen molar-refractivity contribution in [3.8, 4) is 11.3 Å². The first-order valence-electron chi connectivity index (χ1n) is 9.73. The Morgan fingerprint density at radius 2 is 1.89 bits per heavy atom. The fourth-order valence-corrected chi connectivity index (χ4v) is 3.30. The zero-order valence-electron chi connectivity index (χ0n) is 16.8. The zero-order valence-corrected chi connectivity index (χ0v) is 16.8. The summed E-state index contributed by atoms with van der Waals surface area (Å²) in [5, 5.41) is 6.46. The van der Waals surface area contributed by atoms with Gasteiger partial charge in [0.2, 0.25) is 0 Å². The minimum atomic E-state index is -0.455. The second kappa shape index (κ2) is 8.21. The van der Waals surface area contributed by atoms with Crippen LogP contribution in [0.3, 0.4) is 0 Å². The van der Waals surface area contributed by atoms with Gasteiger partial charge in [0.05, 0.1) is 11.1 Å². The third-order valence-corrected chi connectivity index (χ3v) is 5.16. The summed E-state index contributed by atoms with van der Waals surface area (Å²) in [7, 11) is 2.01. The molecule has 0 spiro atoms. The van der Waals surface area contributed by atoms with Gasteiger partial charge in [-0.15, -0.1) is 5.06 Å². The molecule has 146 valence electrons. The molecule has 1 aliphatic heterocycles. The van der Waals surface area contributed by atoms with Gasteiger partial charge in [0.15, 0.2) is 0 Å². The van der Waals surface area contributed by atoms with Crippen LogP contribution in [-0.4, -0.2) is 38.9 Å². The Labute approximate surface area is 161 Å². The highest BCUT2D eigenvalue weighted by Crippen LogP contribution is 2.25. The number of aryl methyl sites for hydroxylation is 2. The SMILES string of the molecule is Cn1nc(-c2ccncc2)cc1CCC1CCN(OC(=O)C(C)(C)C)CC1. The largest absolute Gasteiger partial charge is 0.367 e. The molecule has 6 nitrogen and oxygen atoms in total. The Morgan fingerprint density at radius 1 is 1.22 bits per heavy atom. The maximum absolute atomic E-state index is 12.0. The van der Waals surface area contributed by atoms with Crippen molar-refractivity contribution in [1.82, 2.24) is 19.8 Å². The first-order chi connectivity index (χ1) is 12.8. The second-order valence-corrected chi connectivity index (χ2v) is 8.42. The summed E-state index contributed by atoms with van der Waals surface area (Å²) in [5.74, 6) is 0.508. The van der Waals surface area contributed by atoms with Crippen LogP contribution in [0.1, 0.15) is 45.7 Å². The Bertz CT molecular complexity index is 756. The third kappa shape index (κ3) is 5.16. The van der Waals surface area contributed by atoms with Crippen LogP contribution in [0.4, 0.5) is 0 Å². The molecule has 0 bridgehead atoms. The summed E-state index contributed by atoms with van der Waals surface area (Å²) in [4.78, 5) is 21.6. The smallest absolute Gasteiger partial charge is 0.330 e. The number of piperidine rings is 1. The number of aromatic nitrogens is 3. The maximum Gasteiger partial charge on any atom is 0.330 e. The molecular weight excluding hydrogens is 340 g/mol. The van der Waals surface area contributed by atoms with E-state index in [0.29, 0.717) is 5.92 Å². The van der Waals surface area contributed by atoms with Gasteiger partial charge in [-0.2, -0.15) is 5.10 Å². The van der Waals surface area contributed by atoms with Gasteiger partial charge in [-0.05, 0) is 70.6 Å². The lowest BCUT2D eigenvalue weighted by molar-refractivity contribution is -0.206. The molecule has 27 heavy (non-hydrogen) atoms. The van der Waals surface area contributed by atoms with E-state index in [1.165, 1.54) is 5.69 Å². The molecule has 0 saturated carbocycles. The minimum absolute atomic E-state index is 0.153. The third-order valence-electron chi connectivity index (χ3n) is 5.16. The van der Waals surface area contributed by atoms with Crippen molar-refractivity contribution < 1.29 is 9.63 Å². The summed E-state index contributed by atoms with van der Waals surface area (Å²) >= 11 is 0. The Morgan fingerprint density at radius 3 is 2.52 bits per heavy atom. The highest BCUT2D eigenvalue weighted by Gasteiger charge is 2.28. The van der Waals surface area contributed by atoms with Gasteiger partial charge in [0, 0.05) is 43.8 Å². The predicted molar refractivity (Wildman–Crippen MR) is 105 cm³/mol. The van der Waals surface area contributed by atoms with Crippen LogP contribution in [0.25, 0.3) is 11.3 Å². The second-order valence-electron chi connectivity index (χ2n) is 8.42. The molecule has 3 rings (SSSR count). The number of carbonyl (C=O) groups excluding carboxylic acids is 1. The van der Waals surface area contributed by atoms with Gasteiger partial charge in [-0.1, -0.05) is 0 Å². The molecule has 6 heteroatoms. The number of nitrogens with zero attached hydrogens (tertiary/aromatic N) is 4. The lowest BCUT2D eigenvalue weighted by atomic mass is 9.92. The quantitative estimate of drug-likeness (QED) is 0.804. The first kappa shape index (κ1) is 19.5. The van der Waals surface area contributed by atoms with Crippen molar-refractivity contribution in [1.29, 1.82) is 0 Å². The van der Waals surface area contributed by atoms with Crippen LogP contribution < -0.4 is 0 Å². The van der Waals surface area contributed by atoms with Crippen molar-refractivity contribution in [2.75, 3.05) is 13.1 Å². The zero-order chi connectivity index (χ0) is 19.4. The monoisotopic (exact) mass is 370 g/mol. The van der Waals surface area contributed by atoms with E-state index < -0.39 is 5.41 Å². The van der Waals surface area contributed by atoms with Crippen molar-refractivity contribution >= 4 is 5.97 Å². The summed E-state index contributed by atoms with van der Waals surface area (Å²) in [6.07, 6.45) is 7.87. The standard InChI is InChI=1S/C21H30N4O2/c1-21(2,3)20(26)27-25-13-9-16(10-14-25)5-6-18-15-19(23-24(18)4)17-7-11-22-12-8-17/h7-8,11-12,15-16H,5-6,9-10,13-14H2,1-4H3. The molecule has 0 amide bonds. The first-order valence-corrected chi connectivity index (χ1v) is 9.73. The summed E-state index contributed by atoms with van der Waals surface area (Å²) in [6.45, 7) is 7.29. The molecule has 3 heterocycles. The van der Waals surface area contributed by atoms with E-state index in [1.54, 1.807) is 12.4 Å². The Kier molecular flexibility index (Phi) is 5.95. The number of rotatable bonds is 5. The molecule has 1 saturated heterocycles. The normalized spacial score (nSPS) is 16.4. The highest BCUT2D eigenvalue weighted by atomic mass is 16.7. The van der Waals surface area contributed by atoms with Gasteiger partial charge in [-0.25, -0.2) is 4.79 Å². The predicted octanol–water partition coefficient (Wildman–Crippen LogP) is 3.63. The highest BCUT2D eigenvalue weighted by molar-refractivity contribution is 5.75. The number of carbonyl (C=O) groups is 1. The molecule has 2 aromatic heterocycles. The van der Waals surface area contributed by atoms with Gasteiger partial charge in [0.1, 0.15) is 0 Å². The van der Waals surface area contributed by atoms with Crippen LogP contribution in [-0.2, 0) is 23.1 Å². The van der Waals surface area contributed by atoms with Crippen molar-refractivity contribution in [2.24, 2.45) is 18.4 Å². The van der Waals surface area contributed by atoms with Crippen LogP contribution in [0.2, 0.25) is 0 Å². The number of pyridine rings is 1. The lowest BCUT2D eigenvalue weighted by Gasteiger charge is -2.32. The number of hydrogen-bond donors (Lipinski definition) is 0. The van der Waals surface area contributed by atoms with Gasteiger partial charge in [-0.3, -0.25) is 9.67 Å². The summed E-state index contributed by atoms with van der Waals surface area (Å²) in [6, 6.07) is 6.15. The number of hydroxylamine groups is 2. The fraction of sp³-hybridized carbons (Fsp3) is 0.571. The molecule has 0 atom stereocenters. The Balaban J connectivity index is 1.48. The van der Waals surface area contributed by atoms with E-state index in [2.05, 4.69) is 16.1 Å². The van der Waals surface area contributed by atoms with Crippen LogP contribution in [0, 0.1) is 11.3 Å². The van der Waals surface area contributed by atoms with Gasteiger partial charge < -0.3 is 4.84 Å². The van der Waals surface area contributed by atoms with Crippen molar-refractivity contribution in [3.05, 3.63) is 36.3 Å². The molecule has 2 aromatic rings. The van der Waals surface area contributed by atoms with E-state index in [-0.39, 0.29) is 5.97 Å². The van der Waals surface area contributed by atoms with E-state index in [0.717, 1.165) is 50.0 Å². The van der Waals surface area contributed by atoms with Crippen LogP contribution in [0.5, 0.6) is 0 Å². The van der Waals surface area contributed by atoms with Crippen LogP contribution in [0.15, 0.2) is 30.6 Å². The van der Waals surface area contributed by atoms with E-state index >= 15 is 0 Å². The number of hydrogen-bond acceptors (Lipinski definition) is 5.